The summed E-state index contributed by atoms with van der Waals surface area (Å²) in [4.78, 5) is 10.7. The van der Waals surface area contributed by atoms with E-state index < -0.39 is 12.0 Å². The summed E-state index contributed by atoms with van der Waals surface area (Å²) in [6.45, 7) is 3.60. The van der Waals surface area contributed by atoms with Crippen molar-refractivity contribution in [2.24, 2.45) is 5.73 Å². The molecule has 1 rings (SSSR count). The van der Waals surface area contributed by atoms with Gasteiger partial charge in [0.1, 0.15) is 18.4 Å². The molecule has 1 aromatic carbocycles. The van der Waals surface area contributed by atoms with E-state index in [2.05, 4.69) is 0 Å². The summed E-state index contributed by atoms with van der Waals surface area (Å²) < 4.78 is 10.6. The Morgan fingerprint density at radius 2 is 2.22 bits per heavy atom. The Labute approximate surface area is 107 Å². The van der Waals surface area contributed by atoms with E-state index in [0.29, 0.717) is 25.6 Å². The lowest BCUT2D eigenvalue weighted by atomic mass is 10.1. The lowest BCUT2D eigenvalue weighted by Gasteiger charge is -2.09. The molecule has 0 saturated heterocycles. The predicted octanol–water partition coefficient (Wildman–Crippen LogP) is 1.06. The van der Waals surface area contributed by atoms with E-state index >= 15 is 0 Å². The van der Waals surface area contributed by atoms with Crippen molar-refractivity contribution < 1.29 is 19.4 Å². The Balaban J connectivity index is 2.48. The van der Waals surface area contributed by atoms with Gasteiger partial charge in [0.25, 0.3) is 0 Å². The molecule has 0 radical (unpaired) electrons. The molecule has 1 atom stereocenters. The summed E-state index contributed by atoms with van der Waals surface area (Å²) in [5.74, 6) is -0.303. The van der Waals surface area contributed by atoms with Crippen molar-refractivity contribution in [2.45, 2.75) is 19.4 Å². The van der Waals surface area contributed by atoms with Crippen LogP contribution in [0.5, 0.6) is 5.75 Å². The second-order valence-electron chi connectivity index (χ2n) is 3.84. The van der Waals surface area contributed by atoms with E-state index in [1.807, 2.05) is 25.1 Å². The zero-order valence-corrected chi connectivity index (χ0v) is 10.5. The number of ether oxygens (including phenoxy) is 2. The van der Waals surface area contributed by atoms with Crippen LogP contribution in [0.4, 0.5) is 0 Å². The third-order valence-electron chi connectivity index (χ3n) is 2.37. The van der Waals surface area contributed by atoms with E-state index in [9.17, 15) is 4.79 Å². The summed E-state index contributed by atoms with van der Waals surface area (Å²) in [6.07, 6.45) is 0.290. The Morgan fingerprint density at radius 3 is 2.89 bits per heavy atom. The van der Waals surface area contributed by atoms with Gasteiger partial charge >= 0.3 is 5.97 Å². The fourth-order valence-corrected chi connectivity index (χ4v) is 1.47. The number of rotatable bonds is 8. The van der Waals surface area contributed by atoms with Crippen LogP contribution in [0.3, 0.4) is 0 Å². The van der Waals surface area contributed by atoms with Crippen LogP contribution >= 0.6 is 0 Å². The minimum Gasteiger partial charge on any atom is -0.491 e. The normalized spacial score (nSPS) is 12.1. The molecule has 0 amide bonds. The van der Waals surface area contributed by atoms with E-state index in [-0.39, 0.29) is 6.42 Å². The van der Waals surface area contributed by atoms with Gasteiger partial charge in [0.15, 0.2) is 0 Å². The molecule has 18 heavy (non-hydrogen) atoms. The minimum absolute atomic E-state index is 0.290. The molecule has 0 aliphatic heterocycles. The van der Waals surface area contributed by atoms with Gasteiger partial charge in [-0.05, 0) is 31.0 Å². The van der Waals surface area contributed by atoms with Gasteiger partial charge < -0.3 is 20.3 Å². The van der Waals surface area contributed by atoms with Gasteiger partial charge in [0.2, 0.25) is 0 Å². The maximum absolute atomic E-state index is 10.7. The number of benzene rings is 1. The highest BCUT2D eigenvalue weighted by Crippen LogP contribution is 2.14. The highest BCUT2D eigenvalue weighted by molar-refractivity contribution is 5.73. The number of aliphatic carboxylic acids is 1. The van der Waals surface area contributed by atoms with E-state index in [1.54, 1.807) is 6.07 Å². The molecule has 100 valence electrons. The standard InChI is InChI=1S/C13H19NO4/c1-2-17-6-7-18-11-5-3-4-10(8-11)9-12(14)13(15)16/h3-5,8,12H,2,6-7,9,14H2,1H3,(H,15,16). The average molecular weight is 253 g/mol. The lowest BCUT2D eigenvalue weighted by Crippen LogP contribution is -2.32. The van der Waals surface area contributed by atoms with E-state index in [4.69, 9.17) is 20.3 Å². The first kappa shape index (κ1) is 14.5. The first-order valence-corrected chi connectivity index (χ1v) is 5.91. The van der Waals surface area contributed by atoms with Gasteiger partial charge in [-0.1, -0.05) is 12.1 Å². The van der Waals surface area contributed by atoms with Gasteiger partial charge in [-0.2, -0.15) is 0 Å². The topological polar surface area (TPSA) is 81.8 Å². The molecule has 0 spiro atoms. The number of hydrogen-bond donors (Lipinski definition) is 2. The third-order valence-corrected chi connectivity index (χ3v) is 2.37. The molecule has 3 N–H and O–H groups in total. The average Bonchev–Trinajstić information content (AvgIpc) is 2.35. The quantitative estimate of drug-likeness (QED) is 0.677. The second-order valence-corrected chi connectivity index (χ2v) is 3.84. The van der Waals surface area contributed by atoms with Crippen molar-refractivity contribution in [1.29, 1.82) is 0 Å². The minimum atomic E-state index is -1.00. The van der Waals surface area contributed by atoms with E-state index in [0.717, 1.165) is 5.56 Å². The van der Waals surface area contributed by atoms with Crippen molar-refractivity contribution in [1.82, 2.24) is 0 Å². The maximum Gasteiger partial charge on any atom is 0.320 e. The number of carboxylic acids is 1. The summed E-state index contributed by atoms with van der Waals surface area (Å²) in [5, 5.41) is 8.74. The fraction of sp³-hybridized carbons (Fsp3) is 0.462. The molecule has 5 heteroatoms. The molecular weight excluding hydrogens is 234 g/mol. The fourth-order valence-electron chi connectivity index (χ4n) is 1.47. The zero-order valence-electron chi connectivity index (χ0n) is 10.5. The smallest absolute Gasteiger partial charge is 0.320 e. The second kappa shape index (κ2) is 7.68. The van der Waals surface area contributed by atoms with Crippen LogP contribution in [-0.4, -0.2) is 36.9 Å². The Bertz CT molecular complexity index is 381. The number of carboxylic acid groups (broad SMARTS) is 1. The highest BCUT2D eigenvalue weighted by Gasteiger charge is 2.12. The van der Waals surface area contributed by atoms with Gasteiger partial charge in [-0.3, -0.25) is 4.79 Å². The maximum atomic E-state index is 10.7. The Morgan fingerprint density at radius 1 is 1.44 bits per heavy atom. The predicted molar refractivity (Wildman–Crippen MR) is 67.7 cm³/mol. The SMILES string of the molecule is CCOCCOc1cccc(CC(N)C(=O)O)c1. The Hall–Kier alpha value is -1.59. The zero-order chi connectivity index (χ0) is 13.4. The Kier molecular flexibility index (Phi) is 6.18. The first-order chi connectivity index (χ1) is 8.63. The molecule has 0 saturated carbocycles. The summed E-state index contributed by atoms with van der Waals surface area (Å²) >= 11 is 0. The van der Waals surface area contributed by atoms with Crippen LogP contribution in [0, 0.1) is 0 Å². The monoisotopic (exact) mass is 253 g/mol. The van der Waals surface area contributed by atoms with Gasteiger partial charge in [0.05, 0.1) is 6.61 Å². The number of nitrogens with two attached hydrogens (primary N) is 1. The van der Waals surface area contributed by atoms with Crippen LogP contribution in [0.2, 0.25) is 0 Å². The lowest BCUT2D eigenvalue weighted by molar-refractivity contribution is -0.138. The van der Waals surface area contributed by atoms with Crippen molar-refractivity contribution in [2.75, 3.05) is 19.8 Å². The summed E-state index contributed by atoms with van der Waals surface area (Å²) in [5.41, 5.74) is 6.32. The van der Waals surface area contributed by atoms with Gasteiger partial charge in [0, 0.05) is 6.61 Å². The molecule has 1 unspecified atom stereocenters. The van der Waals surface area contributed by atoms with Crippen LogP contribution in [0.1, 0.15) is 12.5 Å². The van der Waals surface area contributed by atoms with Crippen molar-refractivity contribution in [3.8, 4) is 5.75 Å². The molecule has 5 nitrogen and oxygen atoms in total. The molecule has 0 aliphatic carbocycles. The van der Waals surface area contributed by atoms with Crippen LogP contribution in [0.25, 0.3) is 0 Å². The molecule has 0 aromatic heterocycles. The molecule has 0 bridgehead atoms. The highest BCUT2D eigenvalue weighted by atomic mass is 16.5. The summed E-state index contributed by atoms with van der Waals surface area (Å²) in [6, 6.07) is 6.39. The van der Waals surface area contributed by atoms with Gasteiger partial charge in [-0.25, -0.2) is 0 Å². The first-order valence-electron chi connectivity index (χ1n) is 5.91. The largest absolute Gasteiger partial charge is 0.491 e. The molecule has 0 aliphatic rings. The number of hydrogen-bond acceptors (Lipinski definition) is 4. The van der Waals surface area contributed by atoms with Crippen molar-refractivity contribution >= 4 is 5.97 Å². The number of carbonyl (C=O) groups is 1. The van der Waals surface area contributed by atoms with Crippen molar-refractivity contribution in [3.05, 3.63) is 29.8 Å². The van der Waals surface area contributed by atoms with Crippen molar-refractivity contribution in [3.63, 3.8) is 0 Å². The van der Waals surface area contributed by atoms with Gasteiger partial charge in [-0.15, -0.1) is 0 Å². The van der Waals surface area contributed by atoms with Crippen LogP contribution in [-0.2, 0) is 16.0 Å². The molecular formula is C13H19NO4. The van der Waals surface area contributed by atoms with Crippen LogP contribution < -0.4 is 10.5 Å². The van der Waals surface area contributed by atoms with E-state index in [1.165, 1.54) is 0 Å². The molecule has 0 fully saturated rings. The van der Waals surface area contributed by atoms with Crippen LogP contribution in [0.15, 0.2) is 24.3 Å². The molecule has 1 aromatic rings. The molecule has 0 heterocycles. The third kappa shape index (κ3) is 5.16. The summed E-state index contributed by atoms with van der Waals surface area (Å²) in [7, 11) is 0.